The van der Waals surface area contributed by atoms with Crippen LogP contribution in [0.2, 0.25) is 0 Å². The van der Waals surface area contributed by atoms with Crippen molar-refractivity contribution in [2.75, 3.05) is 0 Å². The summed E-state index contributed by atoms with van der Waals surface area (Å²) in [4.78, 5) is 4.46. The molecule has 0 unspecified atom stereocenters. The highest BCUT2D eigenvalue weighted by atomic mass is 16.5. The van der Waals surface area contributed by atoms with E-state index in [9.17, 15) is 0 Å². The monoisotopic (exact) mass is 307 g/mol. The number of aryl methyl sites for hydroxylation is 1. The minimum Gasteiger partial charge on any atom is -0.473 e. The molecule has 1 saturated carbocycles. The molecule has 0 radical (unpaired) electrons. The Morgan fingerprint density at radius 2 is 1.96 bits per heavy atom. The molecule has 0 N–H and O–H groups in total. The molecule has 4 heteroatoms. The van der Waals surface area contributed by atoms with E-state index < -0.39 is 0 Å². The third-order valence-corrected chi connectivity index (χ3v) is 4.49. The van der Waals surface area contributed by atoms with E-state index in [1.54, 1.807) is 0 Å². The molecule has 0 saturated heterocycles. The van der Waals surface area contributed by atoms with Crippen LogP contribution in [-0.2, 0) is 0 Å². The molecular formula is C19H21N3O. The van der Waals surface area contributed by atoms with Gasteiger partial charge in [0, 0.05) is 11.6 Å². The first-order valence-electron chi connectivity index (χ1n) is 8.38. The van der Waals surface area contributed by atoms with Gasteiger partial charge in [-0.25, -0.2) is 9.50 Å². The van der Waals surface area contributed by atoms with Crippen LogP contribution in [0.4, 0.5) is 0 Å². The molecule has 2 heterocycles. The van der Waals surface area contributed by atoms with Crippen LogP contribution in [0.3, 0.4) is 0 Å². The molecule has 23 heavy (non-hydrogen) atoms. The van der Waals surface area contributed by atoms with Gasteiger partial charge in [0.25, 0.3) is 0 Å². The third kappa shape index (κ3) is 2.93. The summed E-state index contributed by atoms with van der Waals surface area (Å²) < 4.78 is 7.97. The molecule has 4 rings (SSSR count). The lowest BCUT2D eigenvalue weighted by molar-refractivity contribution is 0.147. The molecule has 0 amide bonds. The Labute approximate surface area is 136 Å². The molecule has 1 fully saturated rings. The van der Waals surface area contributed by atoms with Gasteiger partial charge >= 0.3 is 0 Å². The Balaban J connectivity index is 1.68. The Kier molecular flexibility index (Phi) is 3.74. The normalized spacial score (nSPS) is 15.9. The number of hydrogen-bond acceptors (Lipinski definition) is 3. The van der Waals surface area contributed by atoms with E-state index in [0.29, 0.717) is 12.0 Å². The fourth-order valence-corrected chi connectivity index (χ4v) is 3.27. The summed E-state index contributed by atoms with van der Waals surface area (Å²) in [7, 11) is 0. The first-order valence-corrected chi connectivity index (χ1v) is 8.38. The van der Waals surface area contributed by atoms with Crippen molar-refractivity contribution in [2.24, 2.45) is 0 Å². The Bertz CT molecular complexity index is 818. The quantitative estimate of drug-likeness (QED) is 0.719. The fourth-order valence-electron chi connectivity index (χ4n) is 3.27. The van der Waals surface area contributed by atoms with Crippen molar-refractivity contribution < 1.29 is 4.74 Å². The number of aromatic nitrogens is 3. The zero-order valence-electron chi connectivity index (χ0n) is 13.4. The summed E-state index contributed by atoms with van der Waals surface area (Å²) in [5.74, 6) is 0.691. The fraction of sp³-hybridized carbons (Fsp3) is 0.368. The minimum absolute atomic E-state index is 0.305. The lowest BCUT2D eigenvalue weighted by atomic mass is 9.98. The number of hydrogen-bond donors (Lipinski definition) is 0. The lowest BCUT2D eigenvalue weighted by Gasteiger charge is -2.22. The Morgan fingerprint density at radius 3 is 2.78 bits per heavy atom. The smallest absolute Gasteiger partial charge is 0.232 e. The van der Waals surface area contributed by atoms with Crippen LogP contribution in [0, 0.1) is 6.92 Å². The van der Waals surface area contributed by atoms with E-state index in [1.807, 2.05) is 22.8 Å². The first-order chi connectivity index (χ1) is 11.3. The van der Waals surface area contributed by atoms with E-state index in [1.165, 1.54) is 24.8 Å². The largest absolute Gasteiger partial charge is 0.473 e. The highest BCUT2D eigenvalue weighted by molar-refractivity contribution is 5.63. The number of benzene rings is 1. The molecule has 1 aliphatic rings. The second-order valence-corrected chi connectivity index (χ2v) is 6.33. The van der Waals surface area contributed by atoms with Gasteiger partial charge in [0.2, 0.25) is 5.88 Å². The molecule has 0 spiro atoms. The van der Waals surface area contributed by atoms with Crippen LogP contribution in [0.5, 0.6) is 5.88 Å². The molecule has 118 valence electrons. The van der Waals surface area contributed by atoms with Crippen molar-refractivity contribution in [1.29, 1.82) is 0 Å². The van der Waals surface area contributed by atoms with Crippen molar-refractivity contribution in [3.05, 3.63) is 48.2 Å². The first kappa shape index (κ1) is 14.2. The number of imidazole rings is 1. The van der Waals surface area contributed by atoms with Crippen molar-refractivity contribution in [2.45, 2.75) is 45.1 Å². The van der Waals surface area contributed by atoms with Gasteiger partial charge in [0.1, 0.15) is 6.10 Å². The van der Waals surface area contributed by atoms with Gasteiger partial charge < -0.3 is 4.74 Å². The van der Waals surface area contributed by atoms with Crippen LogP contribution in [0.1, 0.15) is 37.7 Å². The van der Waals surface area contributed by atoms with Crippen molar-refractivity contribution in [1.82, 2.24) is 14.6 Å². The van der Waals surface area contributed by atoms with E-state index in [2.05, 4.69) is 41.3 Å². The van der Waals surface area contributed by atoms with Crippen LogP contribution in [0.15, 0.2) is 42.6 Å². The van der Waals surface area contributed by atoms with Crippen LogP contribution in [-0.4, -0.2) is 20.7 Å². The predicted molar refractivity (Wildman–Crippen MR) is 90.7 cm³/mol. The average molecular weight is 307 g/mol. The van der Waals surface area contributed by atoms with Crippen molar-refractivity contribution >= 4 is 5.65 Å². The molecule has 0 atom stereocenters. The number of ether oxygens (including phenoxy) is 1. The highest BCUT2D eigenvalue weighted by Crippen LogP contribution is 2.25. The summed E-state index contributed by atoms with van der Waals surface area (Å²) in [6.45, 7) is 2.10. The van der Waals surface area contributed by atoms with Gasteiger partial charge in [-0.1, -0.05) is 30.2 Å². The van der Waals surface area contributed by atoms with Crippen LogP contribution >= 0.6 is 0 Å². The van der Waals surface area contributed by atoms with Gasteiger partial charge in [-0.05, 0) is 44.7 Å². The maximum atomic E-state index is 6.09. The standard InChI is InChI=1S/C19H21N3O/c1-14-6-5-7-15(12-14)17-13-20-18-10-11-19(21-22(17)18)23-16-8-3-2-4-9-16/h5-7,10-13,16H,2-4,8-9H2,1H3. The van der Waals surface area contributed by atoms with Crippen LogP contribution in [0.25, 0.3) is 16.9 Å². The lowest BCUT2D eigenvalue weighted by Crippen LogP contribution is -2.20. The van der Waals surface area contributed by atoms with E-state index in [0.717, 1.165) is 29.7 Å². The minimum atomic E-state index is 0.305. The van der Waals surface area contributed by atoms with Gasteiger partial charge in [-0.2, -0.15) is 0 Å². The molecular weight excluding hydrogens is 286 g/mol. The second-order valence-electron chi connectivity index (χ2n) is 6.33. The molecule has 4 nitrogen and oxygen atoms in total. The van der Waals surface area contributed by atoms with Gasteiger partial charge in [-0.3, -0.25) is 0 Å². The zero-order valence-corrected chi connectivity index (χ0v) is 13.4. The molecule has 2 aromatic heterocycles. The Hall–Kier alpha value is -2.36. The molecule has 1 aromatic carbocycles. The summed E-state index contributed by atoms with van der Waals surface area (Å²) in [6, 6.07) is 12.3. The summed E-state index contributed by atoms with van der Waals surface area (Å²) in [5.41, 5.74) is 4.20. The number of fused-ring (bicyclic) bond motifs is 1. The van der Waals surface area contributed by atoms with Gasteiger partial charge in [0.05, 0.1) is 11.9 Å². The molecule has 1 aliphatic carbocycles. The summed E-state index contributed by atoms with van der Waals surface area (Å²) in [5, 5.41) is 4.67. The van der Waals surface area contributed by atoms with E-state index >= 15 is 0 Å². The molecule has 0 bridgehead atoms. The highest BCUT2D eigenvalue weighted by Gasteiger charge is 2.16. The zero-order chi connectivity index (χ0) is 15.6. The second kappa shape index (κ2) is 6.03. The van der Waals surface area contributed by atoms with Crippen molar-refractivity contribution in [3.8, 4) is 17.1 Å². The maximum absolute atomic E-state index is 6.09. The summed E-state index contributed by atoms with van der Waals surface area (Å²) >= 11 is 0. The maximum Gasteiger partial charge on any atom is 0.232 e. The van der Waals surface area contributed by atoms with E-state index in [4.69, 9.17) is 4.74 Å². The van der Waals surface area contributed by atoms with Crippen molar-refractivity contribution in [3.63, 3.8) is 0 Å². The van der Waals surface area contributed by atoms with Crippen LogP contribution < -0.4 is 4.74 Å². The Morgan fingerprint density at radius 1 is 1.09 bits per heavy atom. The van der Waals surface area contributed by atoms with Gasteiger partial charge in [0.15, 0.2) is 5.65 Å². The number of nitrogens with zero attached hydrogens (tertiary/aromatic N) is 3. The third-order valence-electron chi connectivity index (χ3n) is 4.49. The number of rotatable bonds is 3. The SMILES string of the molecule is Cc1cccc(-c2cnc3ccc(OC4CCCCC4)nn23)c1. The topological polar surface area (TPSA) is 39.4 Å². The molecule has 0 aliphatic heterocycles. The van der Waals surface area contributed by atoms with Gasteiger partial charge in [-0.15, -0.1) is 5.10 Å². The predicted octanol–water partition coefficient (Wildman–Crippen LogP) is 4.42. The van der Waals surface area contributed by atoms with E-state index in [-0.39, 0.29) is 0 Å². The average Bonchev–Trinajstić information content (AvgIpc) is 2.99. The molecule has 3 aromatic rings. The summed E-state index contributed by atoms with van der Waals surface area (Å²) in [6.07, 6.45) is 8.29.